The second-order valence-electron chi connectivity index (χ2n) is 4.92. The lowest BCUT2D eigenvalue weighted by Gasteiger charge is -2.29. The van der Waals surface area contributed by atoms with E-state index in [4.69, 9.17) is 14.5 Å². The zero-order valence-electron chi connectivity index (χ0n) is 12.5. The van der Waals surface area contributed by atoms with Crippen molar-refractivity contribution in [3.05, 3.63) is 48.0 Å². The van der Waals surface area contributed by atoms with Crippen molar-refractivity contribution in [2.75, 3.05) is 19.1 Å². The van der Waals surface area contributed by atoms with Crippen LogP contribution in [0.25, 0.3) is 0 Å². The Morgan fingerprint density at radius 3 is 2.33 bits per heavy atom. The number of fused-ring (bicyclic) bond motifs is 1. The Hall–Kier alpha value is -2.49. The largest absolute Gasteiger partial charge is 0.493 e. The molecule has 0 spiro atoms. The third-order valence-corrected chi connectivity index (χ3v) is 3.65. The Labute approximate surface area is 124 Å². The smallest absolute Gasteiger partial charge is 0.162 e. The third kappa shape index (κ3) is 2.44. The maximum Gasteiger partial charge on any atom is 0.162 e. The lowest BCUT2D eigenvalue weighted by atomic mass is 10.1. The van der Waals surface area contributed by atoms with Crippen LogP contribution >= 0.6 is 0 Å². The average Bonchev–Trinajstić information content (AvgIpc) is 2.53. The van der Waals surface area contributed by atoms with Crippen molar-refractivity contribution in [2.45, 2.75) is 13.5 Å². The van der Waals surface area contributed by atoms with Crippen LogP contribution in [0.1, 0.15) is 12.5 Å². The summed E-state index contributed by atoms with van der Waals surface area (Å²) in [6.45, 7) is 2.79. The zero-order chi connectivity index (χ0) is 14.8. The summed E-state index contributed by atoms with van der Waals surface area (Å²) >= 11 is 0. The minimum atomic E-state index is 0.709. The van der Waals surface area contributed by atoms with Crippen LogP contribution < -0.4 is 14.4 Å². The molecule has 21 heavy (non-hydrogen) atoms. The van der Waals surface area contributed by atoms with Crippen LogP contribution in [-0.2, 0) is 6.54 Å². The number of aliphatic imine (C=N–C) groups is 1. The topological polar surface area (TPSA) is 34.1 Å². The van der Waals surface area contributed by atoms with Crippen LogP contribution in [0.2, 0.25) is 0 Å². The van der Waals surface area contributed by atoms with Crippen molar-refractivity contribution in [1.29, 1.82) is 0 Å². The lowest BCUT2D eigenvalue weighted by Crippen LogP contribution is -2.30. The molecule has 2 aromatic carbocycles. The second-order valence-corrected chi connectivity index (χ2v) is 4.92. The van der Waals surface area contributed by atoms with E-state index in [1.165, 1.54) is 0 Å². The highest BCUT2D eigenvalue weighted by molar-refractivity contribution is 5.99. The van der Waals surface area contributed by atoms with Crippen molar-refractivity contribution in [3.8, 4) is 11.5 Å². The van der Waals surface area contributed by atoms with Gasteiger partial charge in [-0.15, -0.1) is 0 Å². The standard InChI is InChI=1S/C17H18N2O2/c1-12-18-15-10-17(21-3)16(20-2)9-13(15)11-19(12)14-7-5-4-6-8-14/h4-10H,11H2,1-3H3. The summed E-state index contributed by atoms with van der Waals surface area (Å²) in [6.07, 6.45) is 0. The van der Waals surface area contributed by atoms with E-state index in [1.54, 1.807) is 14.2 Å². The van der Waals surface area contributed by atoms with Gasteiger partial charge in [-0.25, -0.2) is 4.99 Å². The van der Waals surface area contributed by atoms with Gasteiger partial charge in [-0.2, -0.15) is 0 Å². The van der Waals surface area contributed by atoms with Gasteiger partial charge in [0.05, 0.1) is 26.5 Å². The number of methoxy groups -OCH3 is 2. The van der Waals surface area contributed by atoms with Gasteiger partial charge in [-0.05, 0) is 25.1 Å². The molecule has 4 nitrogen and oxygen atoms in total. The molecule has 0 saturated carbocycles. The predicted molar refractivity (Wildman–Crippen MR) is 84.9 cm³/mol. The minimum Gasteiger partial charge on any atom is -0.493 e. The minimum absolute atomic E-state index is 0.709. The van der Waals surface area contributed by atoms with Gasteiger partial charge in [0.1, 0.15) is 5.84 Å². The van der Waals surface area contributed by atoms with Crippen LogP contribution in [-0.4, -0.2) is 20.1 Å². The first-order chi connectivity index (χ1) is 10.2. The van der Waals surface area contributed by atoms with Gasteiger partial charge < -0.3 is 14.4 Å². The number of ether oxygens (including phenoxy) is 2. The van der Waals surface area contributed by atoms with Gasteiger partial charge in [0.25, 0.3) is 0 Å². The number of nitrogens with zero attached hydrogens (tertiary/aromatic N) is 2. The monoisotopic (exact) mass is 282 g/mol. The fourth-order valence-corrected chi connectivity index (χ4v) is 2.55. The molecule has 108 valence electrons. The first-order valence-corrected chi connectivity index (χ1v) is 6.85. The van der Waals surface area contributed by atoms with Crippen molar-refractivity contribution in [2.24, 2.45) is 4.99 Å². The Bertz CT molecular complexity index is 681. The molecule has 1 aliphatic heterocycles. The van der Waals surface area contributed by atoms with Crippen molar-refractivity contribution < 1.29 is 9.47 Å². The highest BCUT2D eigenvalue weighted by Crippen LogP contribution is 2.38. The molecule has 0 aromatic heterocycles. The molecule has 0 radical (unpaired) electrons. The van der Waals surface area contributed by atoms with E-state index >= 15 is 0 Å². The number of benzene rings is 2. The van der Waals surface area contributed by atoms with E-state index < -0.39 is 0 Å². The highest BCUT2D eigenvalue weighted by Gasteiger charge is 2.20. The average molecular weight is 282 g/mol. The maximum absolute atomic E-state index is 5.38. The third-order valence-electron chi connectivity index (χ3n) is 3.65. The highest BCUT2D eigenvalue weighted by atomic mass is 16.5. The summed E-state index contributed by atoms with van der Waals surface area (Å²) in [4.78, 5) is 6.88. The summed E-state index contributed by atoms with van der Waals surface area (Å²) < 4.78 is 10.7. The van der Waals surface area contributed by atoms with Crippen LogP contribution in [0.4, 0.5) is 11.4 Å². The van der Waals surface area contributed by atoms with E-state index in [-0.39, 0.29) is 0 Å². The van der Waals surface area contributed by atoms with E-state index in [9.17, 15) is 0 Å². The van der Waals surface area contributed by atoms with Gasteiger partial charge in [0.15, 0.2) is 11.5 Å². The van der Waals surface area contributed by atoms with Crippen molar-refractivity contribution in [1.82, 2.24) is 0 Å². The fraction of sp³-hybridized carbons (Fsp3) is 0.235. The first kappa shape index (κ1) is 13.5. The second kappa shape index (κ2) is 5.48. The molecule has 0 aliphatic carbocycles. The zero-order valence-corrected chi connectivity index (χ0v) is 12.5. The SMILES string of the molecule is COc1cc2c(cc1OC)N=C(C)N(c1ccccc1)C2. The number of amidine groups is 1. The summed E-state index contributed by atoms with van der Waals surface area (Å²) in [5.41, 5.74) is 3.21. The van der Waals surface area contributed by atoms with Gasteiger partial charge >= 0.3 is 0 Å². The molecule has 0 saturated heterocycles. The molecule has 0 amide bonds. The van der Waals surface area contributed by atoms with Crippen molar-refractivity contribution in [3.63, 3.8) is 0 Å². The van der Waals surface area contributed by atoms with E-state index in [0.717, 1.165) is 35.1 Å². The Kier molecular flexibility index (Phi) is 3.52. The van der Waals surface area contributed by atoms with Crippen LogP contribution in [0.15, 0.2) is 47.5 Å². The quantitative estimate of drug-likeness (QED) is 0.859. The lowest BCUT2D eigenvalue weighted by molar-refractivity contribution is 0.354. The van der Waals surface area contributed by atoms with Crippen LogP contribution in [0.3, 0.4) is 0 Å². The first-order valence-electron chi connectivity index (χ1n) is 6.85. The van der Waals surface area contributed by atoms with E-state index in [0.29, 0.717) is 5.75 Å². The Morgan fingerprint density at radius 2 is 1.67 bits per heavy atom. The predicted octanol–water partition coefficient (Wildman–Crippen LogP) is 3.77. The molecular weight excluding hydrogens is 264 g/mol. The molecule has 4 heteroatoms. The van der Waals surface area contributed by atoms with E-state index in [1.807, 2.05) is 37.3 Å². The molecule has 0 N–H and O–H groups in total. The summed E-state index contributed by atoms with van der Waals surface area (Å²) in [5.74, 6) is 2.42. The Morgan fingerprint density at radius 1 is 1.00 bits per heavy atom. The van der Waals surface area contributed by atoms with Crippen LogP contribution in [0.5, 0.6) is 11.5 Å². The van der Waals surface area contributed by atoms with Crippen molar-refractivity contribution >= 4 is 17.2 Å². The molecule has 0 unspecified atom stereocenters. The molecule has 3 rings (SSSR count). The number of hydrogen-bond donors (Lipinski definition) is 0. The van der Waals surface area contributed by atoms with Gasteiger partial charge in [-0.3, -0.25) is 0 Å². The Balaban J connectivity index is 2.03. The number of anilines is 1. The molecule has 0 atom stereocenters. The summed E-state index contributed by atoms with van der Waals surface area (Å²) in [7, 11) is 3.29. The molecule has 1 aliphatic rings. The number of hydrogen-bond acceptors (Lipinski definition) is 4. The summed E-state index contributed by atoms with van der Waals surface area (Å²) in [6, 6.07) is 14.2. The van der Waals surface area contributed by atoms with Gasteiger partial charge in [0, 0.05) is 17.3 Å². The van der Waals surface area contributed by atoms with Crippen LogP contribution in [0, 0.1) is 0 Å². The molecule has 0 fully saturated rings. The molecule has 2 aromatic rings. The van der Waals surface area contributed by atoms with E-state index in [2.05, 4.69) is 17.0 Å². The molecular formula is C17H18N2O2. The molecule has 0 bridgehead atoms. The van der Waals surface area contributed by atoms with Gasteiger partial charge in [-0.1, -0.05) is 18.2 Å². The van der Waals surface area contributed by atoms with Gasteiger partial charge in [0.2, 0.25) is 0 Å². The fourth-order valence-electron chi connectivity index (χ4n) is 2.55. The number of rotatable bonds is 3. The normalized spacial score (nSPS) is 13.5. The molecule has 1 heterocycles. The maximum atomic E-state index is 5.38. The summed E-state index contributed by atoms with van der Waals surface area (Å²) in [5, 5.41) is 0. The number of para-hydroxylation sites is 1.